The molecule has 0 fully saturated rings. The van der Waals surface area contributed by atoms with Crippen molar-refractivity contribution in [3.8, 4) is 5.69 Å². The Morgan fingerprint density at radius 3 is 2.48 bits per heavy atom. The Morgan fingerprint density at radius 1 is 0.957 bits per heavy atom. The average Bonchev–Trinajstić information content (AvgIpc) is 3.08. The molecule has 0 atom stereocenters. The molecule has 3 rings (SSSR count). The van der Waals surface area contributed by atoms with E-state index in [0.29, 0.717) is 6.61 Å². The monoisotopic (exact) mass is 326 g/mol. The molecular weight excluding hydrogens is 308 g/mol. The van der Waals surface area contributed by atoms with Crippen LogP contribution in [0.15, 0.2) is 65.8 Å². The number of tetrazole rings is 1. The highest BCUT2D eigenvalue weighted by Gasteiger charge is 2.07. The molecule has 1 heterocycles. The van der Waals surface area contributed by atoms with E-state index in [1.165, 1.54) is 5.56 Å². The van der Waals surface area contributed by atoms with Crippen LogP contribution in [0.3, 0.4) is 0 Å². The molecule has 6 heteroatoms. The van der Waals surface area contributed by atoms with Gasteiger partial charge in [-0.3, -0.25) is 0 Å². The van der Waals surface area contributed by atoms with Crippen LogP contribution in [0.1, 0.15) is 12.0 Å². The van der Waals surface area contributed by atoms with Crippen LogP contribution < -0.4 is 0 Å². The van der Waals surface area contributed by atoms with Crippen molar-refractivity contribution in [2.24, 2.45) is 0 Å². The summed E-state index contributed by atoms with van der Waals surface area (Å²) in [6.07, 6.45) is 0.957. The second-order valence-corrected chi connectivity index (χ2v) is 6.01. The second-order valence-electron chi connectivity index (χ2n) is 4.95. The molecule has 0 N–H and O–H groups in total. The summed E-state index contributed by atoms with van der Waals surface area (Å²) in [5, 5.41) is 12.7. The smallest absolute Gasteiger partial charge is 0.214 e. The van der Waals surface area contributed by atoms with Gasteiger partial charge in [0.1, 0.15) is 0 Å². The molecule has 23 heavy (non-hydrogen) atoms. The summed E-state index contributed by atoms with van der Waals surface area (Å²) in [5.74, 6) is 0.919. The van der Waals surface area contributed by atoms with Crippen molar-refractivity contribution in [1.29, 1.82) is 0 Å². The molecule has 1 aromatic heterocycles. The van der Waals surface area contributed by atoms with Gasteiger partial charge in [-0.05, 0) is 34.5 Å². The molecule has 3 aromatic rings. The lowest BCUT2D eigenvalue weighted by molar-refractivity contribution is 0.122. The van der Waals surface area contributed by atoms with Crippen LogP contribution in [0.5, 0.6) is 0 Å². The Labute approximate surface area is 139 Å². The van der Waals surface area contributed by atoms with Crippen LogP contribution in [-0.4, -0.2) is 32.6 Å². The Bertz CT molecular complexity index is 703. The first-order valence-corrected chi connectivity index (χ1v) is 8.50. The second kappa shape index (κ2) is 8.45. The van der Waals surface area contributed by atoms with Crippen LogP contribution in [0.25, 0.3) is 5.69 Å². The lowest BCUT2D eigenvalue weighted by Gasteiger charge is -2.05. The molecule has 0 aliphatic heterocycles. The van der Waals surface area contributed by atoms with Crippen LogP contribution in [0.4, 0.5) is 0 Å². The maximum absolute atomic E-state index is 5.68. The zero-order valence-electron chi connectivity index (χ0n) is 12.7. The number of para-hydroxylation sites is 1. The fraction of sp³-hybridized carbons (Fsp3) is 0.235. The Balaban J connectivity index is 1.41. The predicted molar refractivity (Wildman–Crippen MR) is 90.6 cm³/mol. The minimum atomic E-state index is 0.660. The summed E-state index contributed by atoms with van der Waals surface area (Å²) in [6.45, 7) is 1.39. The van der Waals surface area contributed by atoms with Crippen molar-refractivity contribution in [3.63, 3.8) is 0 Å². The topological polar surface area (TPSA) is 52.8 Å². The number of aromatic nitrogens is 4. The third-order valence-corrected chi connectivity index (χ3v) is 4.22. The van der Waals surface area contributed by atoms with Gasteiger partial charge in [0.25, 0.3) is 0 Å². The van der Waals surface area contributed by atoms with Gasteiger partial charge < -0.3 is 4.74 Å². The molecule has 0 unspecified atom stereocenters. The summed E-state index contributed by atoms with van der Waals surface area (Å²) in [7, 11) is 0. The van der Waals surface area contributed by atoms with Crippen molar-refractivity contribution in [3.05, 3.63) is 66.2 Å². The number of nitrogens with zero attached hydrogens (tertiary/aromatic N) is 4. The van der Waals surface area contributed by atoms with Gasteiger partial charge in [0.2, 0.25) is 5.16 Å². The number of rotatable bonds is 8. The van der Waals surface area contributed by atoms with Crippen LogP contribution in [0, 0.1) is 0 Å². The van der Waals surface area contributed by atoms with E-state index in [0.717, 1.165) is 29.6 Å². The van der Waals surface area contributed by atoms with E-state index >= 15 is 0 Å². The van der Waals surface area contributed by atoms with Crippen molar-refractivity contribution in [2.75, 3.05) is 12.4 Å². The highest BCUT2D eigenvalue weighted by atomic mass is 32.2. The molecule has 0 radical (unpaired) electrons. The first-order chi connectivity index (χ1) is 11.4. The van der Waals surface area contributed by atoms with Crippen molar-refractivity contribution < 1.29 is 4.74 Å². The molecule has 0 saturated heterocycles. The zero-order valence-corrected chi connectivity index (χ0v) is 13.5. The SMILES string of the molecule is c1ccc(COCCCSc2nnnn2-c2ccccc2)cc1. The van der Waals surface area contributed by atoms with Gasteiger partial charge in [-0.2, -0.15) is 4.68 Å². The van der Waals surface area contributed by atoms with Crippen molar-refractivity contribution in [2.45, 2.75) is 18.2 Å². The van der Waals surface area contributed by atoms with Crippen molar-refractivity contribution in [1.82, 2.24) is 20.2 Å². The fourth-order valence-corrected chi connectivity index (χ4v) is 2.89. The lowest BCUT2D eigenvalue weighted by Crippen LogP contribution is -2.00. The maximum Gasteiger partial charge on any atom is 0.214 e. The van der Waals surface area contributed by atoms with E-state index < -0.39 is 0 Å². The molecule has 2 aromatic carbocycles. The van der Waals surface area contributed by atoms with Gasteiger partial charge in [-0.25, -0.2) is 0 Å². The summed E-state index contributed by atoms with van der Waals surface area (Å²) < 4.78 is 7.44. The summed E-state index contributed by atoms with van der Waals surface area (Å²) >= 11 is 1.64. The van der Waals surface area contributed by atoms with Gasteiger partial charge >= 0.3 is 0 Å². The molecule has 0 aliphatic carbocycles. The number of benzene rings is 2. The Morgan fingerprint density at radius 2 is 1.70 bits per heavy atom. The zero-order chi connectivity index (χ0) is 15.7. The Hall–Kier alpha value is -2.18. The highest BCUT2D eigenvalue weighted by Crippen LogP contribution is 2.18. The average molecular weight is 326 g/mol. The first-order valence-electron chi connectivity index (χ1n) is 7.52. The third-order valence-electron chi connectivity index (χ3n) is 3.22. The van der Waals surface area contributed by atoms with Gasteiger partial charge in [0, 0.05) is 12.4 Å². The first kappa shape index (κ1) is 15.7. The van der Waals surface area contributed by atoms with E-state index in [1.54, 1.807) is 16.4 Å². The van der Waals surface area contributed by atoms with E-state index in [9.17, 15) is 0 Å². The highest BCUT2D eigenvalue weighted by molar-refractivity contribution is 7.99. The molecule has 0 spiro atoms. The van der Waals surface area contributed by atoms with E-state index in [4.69, 9.17) is 4.74 Å². The predicted octanol–water partition coefficient (Wildman–Crippen LogP) is 3.36. The fourth-order valence-electron chi connectivity index (χ4n) is 2.09. The summed E-state index contributed by atoms with van der Waals surface area (Å²) in [5.41, 5.74) is 2.17. The van der Waals surface area contributed by atoms with Crippen LogP contribution >= 0.6 is 11.8 Å². The van der Waals surface area contributed by atoms with E-state index in [-0.39, 0.29) is 0 Å². The van der Waals surface area contributed by atoms with E-state index in [2.05, 4.69) is 27.7 Å². The third kappa shape index (κ3) is 4.64. The maximum atomic E-state index is 5.68. The van der Waals surface area contributed by atoms with Gasteiger partial charge in [0.05, 0.1) is 12.3 Å². The van der Waals surface area contributed by atoms with Gasteiger partial charge in [-0.15, -0.1) is 5.10 Å². The molecule has 0 saturated carbocycles. The Kier molecular flexibility index (Phi) is 5.77. The molecular formula is C17H18N4OS. The number of hydrogen-bond donors (Lipinski definition) is 0. The molecule has 0 amide bonds. The standard InChI is InChI=1S/C17H18N4OS/c1-3-8-15(9-4-1)14-22-12-7-13-23-17-18-19-20-21(17)16-10-5-2-6-11-16/h1-6,8-11H,7,12-14H2. The quantitative estimate of drug-likeness (QED) is 0.469. The van der Waals surface area contributed by atoms with Crippen molar-refractivity contribution >= 4 is 11.8 Å². The molecule has 0 aliphatic rings. The summed E-state index contributed by atoms with van der Waals surface area (Å²) in [4.78, 5) is 0. The largest absolute Gasteiger partial charge is 0.377 e. The van der Waals surface area contributed by atoms with E-state index in [1.807, 2.05) is 48.5 Å². The number of ether oxygens (including phenoxy) is 1. The molecule has 118 valence electrons. The molecule has 5 nitrogen and oxygen atoms in total. The molecule has 0 bridgehead atoms. The normalized spacial score (nSPS) is 10.8. The number of thioether (sulfide) groups is 1. The van der Waals surface area contributed by atoms with Crippen LogP contribution in [-0.2, 0) is 11.3 Å². The minimum absolute atomic E-state index is 0.660. The summed E-state index contributed by atoms with van der Waals surface area (Å²) in [6, 6.07) is 20.1. The minimum Gasteiger partial charge on any atom is -0.377 e. The number of hydrogen-bond acceptors (Lipinski definition) is 5. The van der Waals surface area contributed by atoms with Crippen LogP contribution in [0.2, 0.25) is 0 Å². The van der Waals surface area contributed by atoms with Gasteiger partial charge in [0.15, 0.2) is 0 Å². The lowest BCUT2D eigenvalue weighted by atomic mass is 10.2. The van der Waals surface area contributed by atoms with Gasteiger partial charge in [-0.1, -0.05) is 60.3 Å².